The second-order valence-corrected chi connectivity index (χ2v) is 32.8. The van der Waals surface area contributed by atoms with Gasteiger partial charge in [0, 0.05) is 135 Å². The Bertz CT molecular complexity index is 4410. The highest BCUT2D eigenvalue weighted by molar-refractivity contribution is 6.38. The van der Waals surface area contributed by atoms with Gasteiger partial charge < -0.3 is 94.6 Å². The number of aromatic nitrogens is 7. The monoisotopic (exact) mass is 1700 g/mol. The molecule has 4 fully saturated rings. The van der Waals surface area contributed by atoms with Gasteiger partial charge >= 0.3 is 12.1 Å². The van der Waals surface area contributed by atoms with Crippen LogP contribution < -0.4 is 32.3 Å². The van der Waals surface area contributed by atoms with E-state index < -0.39 is 90.1 Å². The third-order valence-corrected chi connectivity index (χ3v) is 23.6. The number of cyclic esters (lactones) is 1. The number of methoxy groups -OCH3 is 3. The number of hydrogen-bond donors (Lipinski definition) is 7. The van der Waals surface area contributed by atoms with Crippen LogP contribution in [0.5, 0.6) is 0 Å². The largest absolute Gasteiger partial charge is 0.461 e. The number of allylic oxidation sites excluding steroid dienone is 5. The van der Waals surface area contributed by atoms with Crippen LogP contribution in [0.1, 0.15) is 149 Å². The molecule has 9 N–H and O–H groups in total. The number of carbonyl (C=O) groups is 8. The topological polar surface area (TPSA) is 447 Å². The van der Waals surface area contributed by atoms with Gasteiger partial charge in [0.2, 0.25) is 29.5 Å². The number of Topliss-reactive ketones (excluding diaryl/α,β-unsaturated/α-hetero) is 2. The minimum Gasteiger partial charge on any atom is -0.461 e. The van der Waals surface area contributed by atoms with Gasteiger partial charge in [0.05, 0.1) is 69.3 Å². The minimum absolute atomic E-state index is 0.00946. The number of carbonyl (C=O) groups excluding carboxylic acids is 8. The highest BCUT2D eigenvalue weighted by Crippen LogP contribution is 2.37. The van der Waals surface area contributed by atoms with Crippen LogP contribution in [-0.4, -0.2) is 282 Å². The number of unbranched alkanes of at least 4 members (excludes halogenated alkanes) is 1. The van der Waals surface area contributed by atoms with Crippen LogP contribution in [0.25, 0.3) is 33.4 Å². The van der Waals surface area contributed by atoms with E-state index in [1.165, 1.54) is 11.2 Å². The highest BCUT2D eigenvalue weighted by Gasteiger charge is 2.43. The Labute approximate surface area is 713 Å². The zero-order chi connectivity index (χ0) is 87.4. The molecule has 668 valence electrons. The van der Waals surface area contributed by atoms with Crippen molar-refractivity contribution in [2.45, 2.75) is 218 Å². The number of likely N-dealkylation sites (N-methyl/N-ethyl adjacent to an activating group) is 1. The number of amides is 5. The molecule has 1 aromatic carbocycles. The van der Waals surface area contributed by atoms with Gasteiger partial charge in [0.25, 0.3) is 11.9 Å². The third kappa shape index (κ3) is 27.4. The van der Waals surface area contributed by atoms with Gasteiger partial charge in [-0.05, 0) is 152 Å². The molecular weight excluding hydrogens is 1570 g/mol. The normalized spacial score (nSPS) is 26.8. The fourth-order valence-electron chi connectivity index (χ4n) is 16.6. The number of piperidine rings is 1. The summed E-state index contributed by atoms with van der Waals surface area (Å²) in [5.41, 5.74) is 17.1. The van der Waals surface area contributed by atoms with Gasteiger partial charge in [-0.1, -0.05) is 57.2 Å². The summed E-state index contributed by atoms with van der Waals surface area (Å²) < 4.78 is 55.2. The maximum absolute atomic E-state index is 14.7. The highest BCUT2D eigenvalue weighted by atomic mass is 16.6. The van der Waals surface area contributed by atoms with Crippen molar-refractivity contribution in [3.05, 3.63) is 90.1 Å². The molecule has 10 rings (SSSR count). The molecule has 4 aromatic heterocycles. The number of rotatable bonds is 29. The van der Waals surface area contributed by atoms with E-state index in [4.69, 9.17) is 58.9 Å². The average Bonchev–Trinajstić information content (AvgIpc) is 1.61. The first kappa shape index (κ1) is 94.5. The predicted octanol–water partition coefficient (Wildman–Crippen LogP) is 6.71. The number of aryl methyl sites for hydroxylation is 1. The summed E-state index contributed by atoms with van der Waals surface area (Å²) >= 11 is 0. The lowest BCUT2D eigenvalue weighted by atomic mass is 9.81. The van der Waals surface area contributed by atoms with E-state index in [0.717, 1.165) is 11.1 Å². The Balaban J connectivity index is 0.610. The van der Waals surface area contributed by atoms with Crippen LogP contribution in [0.15, 0.2) is 88.9 Å². The van der Waals surface area contributed by atoms with E-state index in [9.17, 15) is 48.6 Å². The molecule has 4 aliphatic heterocycles. The molecule has 0 radical (unpaired) electrons. The molecule has 8 heterocycles. The Kier molecular flexibility index (Phi) is 36.6. The van der Waals surface area contributed by atoms with Crippen molar-refractivity contribution in [3.8, 4) is 11.3 Å². The molecule has 1 aliphatic carbocycles. The van der Waals surface area contributed by atoms with E-state index in [1.54, 1.807) is 81.2 Å². The molecule has 14 atom stereocenters. The number of hydrogen-bond acceptors (Lipinski definition) is 29. The quantitative estimate of drug-likeness (QED) is 0.0113. The first-order chi connectivity index (χ1) is 58.8. The van der Waals surface area contributed by atoms with E-state index in [2.05, 4.69) is 40.9 Å². The number of fused-ring (bicyclic) bond motifs is 5. The summed E-state index contributed by atoms with van der Waals surface area (Å²) in [5, 5.41) is 36.7. The van der Waals surface area contributed by atoms with Gasteiger partial charge in [-0.2, -0.15) is 10.1 Å². The van der Waals surface area contributed by atoms with E-state index in [-0.39, 0.29) is 120 Å². The van der Waals surface area contributed by atoms with Gasteiger partial charge in [-0.25, -0.2) is 34.2 Å². The second kappa shape index (κ2) is 47.2. The van der Waals surface area contributed by atoms with Crippen LogP contribution in [-0.2, 0) is 84.5 Å². The van der Waals surface area contributed by atoms with Gasteiger partial charge in [-0.3, -0.25) is 33.7 Å². The van der Waals surface area contributed by atoms with Crippen LogP contribution in [0.2, 0.25) is 0 Å². The lowest BCUT2D eigenvalue weighted by Gasteiger charge is -2.37. The Hall–Kier alpha value is -9.72. The maximum atomic E-state index is 14.7. The van der Waals surface area contributed by atoms with E-state index in [1.807, 2.05) is 68.2 Å². The molecule has 122 heavy (non-hydrogen) atoms. The number of benzene rings is 1. The number of aliphatic hydroxyl groups excluding tert-OH is 2. The molecular formula is C87H126N16O19. The fourth-order valence-corrected chi connectivity index (χ4v) is 16.6. The lowest BCUT2D eigenvalue weighted by Crippen LogP contribution is -2.54. The first-order valence-electron chi connectivity index (χ1n) is 43.0. The molecule has 5 aromatic rings. The smallest absolute Gasteiger partial charge is 0.407 e. The molecule has 5 aliphatic rings. The van der Waals surface area contributed by atoms with Crippen molar-refractivity contribution in [3.63, 3.8) is 0 Å². The number of nitrogen functional groups attached to an aromatic ring is 2. The maximum Gasteiger partial charge on any atom is 0.407 e. The zero-order valence-electron chi connectivity index (χ0n) is 72.0. The summed E-state index contributed by atoms with van der Waals surface area (Å²) in [6.45, 7) is 13.7. The van der Waals surface area contributed by atoms with Crippen molar-refractivity contribution in [2.24, 2.45) is 23.7 Å². The number of ketones is 2. The van der Waals surface area contributed by atoms with Crippen molar-refractivity contribution < 1.29 is 90.9 Å². The lowest BCUT2D eigenvalue weighted by molar-refractivity contribution is -0.168. The molecule has 2 unspecified atom stereocenters. The number of aliphatic hydroxyl groups is 2. The molecule has 1 saturated carbocycles. The average molecular weight is 1700 g/mol. The number of nitrogens with zero attached hydrogens (tertiary/aromatic N) is 11. The van der Waals surface area contributed by atoms with E-state index in [0.29, 0.717) is 186 Å². The standard InChI is InChI=1S/C87H126N16O19/c1-54-18-11-10-12-19-55(2)69(114-7)46-62-20-17-22-68(119-62)79(109)83(111)102-32-15-13-21-65(102)84(112)120-63(47-70(115-8)56(3)43-58(5)78(108)80(110)77(107)57(4)42-54)26-23-59-24-27-67(71(44-59)116-9)122-87(113)94-50-60-48-92-86(93-49-60)101-36-34-100(35-37-101)74(106)52-99(6)51-73(105)91-31-39-118-41-40-117-38-29-72(104)90-30-14-16-33-103-82-75(81(88)95-53-96-82)76(98-103)61-25-28-66-64(45-61)97-85(89)121-66/h10-12,18-19,25,28,43,45,48-49,53-54,56-57,59,62-63,65,67-71,78,80,108,110H,13-17,20-24,26-27,29-42,44,46-47,50-52H2,1-9H3,(H2,89,97)(H,90,104)(H,91,105)(H,94,113)(H2,88,95,96)/b12-10+,18-11+,55-19+,58-43+/t54-,56-,57-,59-,62?,63-,65+,67-,68?,69+,70-,71-,78-,80+/m1/s1. The first-order valence-corrected chi connectivity index (χ1v) is 43.0. The number of anilines is 3. The van der Waals surface area contributed by atoms with Crippen molar-refractivity contribution in [1.82, 2.24) is 65.4 Å². The minimum atomic E-state index is -1.67. The van der Waals surface area contributed by atoms with Gasteiger partial charge in [-0.15, -0.1) is 0 Å². The van der Waals surface area contributed by atoms with Crippen LogP contribution in [0, 0.1) is 23.7 Å². The second-order valence-electron chi connectivity index (χ2n) is 32.8. The Morgan fingerprint density at radius 2 is 1.48 bits per heavy atom. The predicted molar refractivity (Wildman–Crippen MR) is 454 cm³/mol. The number of esters is 1. The summed E-state index contributed by atoms with van der Waals surface area (Å²) in [4.78, 5) is 138. The number of ether oxygens (including phenoxy) is 8. The molecule has 5 amide bonds. The molecule has 0 spiro atoms. The van der Waals surface area contributed by atoms with E-state index >= 15 is 0 Å². The summed E-state index contributed by atoms with van der Waals surface area (Å²) in [6, 6.07) is 4.50. The fraction of sp³-hybridized carbons (Fsp3) is 0.632. The van der Waals surface area contributed by atoms with Gasteiger partial charge in [0.1, 0.15) is 59.9 Å². The third-order valence-electron chi connectivity index (χ3n) is 23.6. The number of nitrogens with two attached hydrogens (primary N) is 2. The SMILES string of the molecule is CO[C@H]1CC2CCCC(O2)C(=O)C(=O)N2CCCC[C@H]2C(=O)O[C@H](CC[C@@H]2CC[C@@H](OC(=O)NCc3cnc(N4CCN(C(=O)CN(C)CC(=O)NCCOCCOCCC(=O)NCCCCn5nc(-c6ccc7oc(N)nc7c6)c6c(N)ncnc65)CC4)nc3)[C@H](OC)C2)C[C@@H](OC)[C@H](C)/C=C(\C)[C@@H](O)[C@@H](O)C(=O)[C@H](C)C[C@H](C)/C=C/C=C/C=C/1C. The Morgan fingerprint density at radius 3 is 2.25 bits per heavy atom. The summed E-state index contributed by atoms with van der Waals surface area (Å²) in [6.07, 6.45) is 16.8. The zero-order valence-corrected chi connectivity index (χ0v) is 72.0. The van der Waals surface area contributed by atoms with Crippen molar-refractivity contribution >= 4 is 87.2 Å². The van der Waals surface area contributed by atoms with Crippen LogP contribution >= 0.6 is 0 Å². The summed E-state index contributed by atoms with van der Waals surface area (Å²) in [7, 11) is 6.45. The van der Waals surface area contributed by atoms with Crippen molar-refractivity contribution in [1.29, 1.82) is 0 Å². The van der Waals surface area contributed by atoms with Crippen LogP contribution in [0.3, 0.4) is 0 Å². The summed E-state index contributed by atoms with van der Waals surface area (Å²) in [5.74, 6) is -3.24. The number of nitrogens with one attached hydrogen (secondary N) is 3. The van der Waals surface area contributed by atoms with Gasteiger partial charge in [0.15, 0.2) is 17.0 Å². The molecule has 3 saturated heterocycles. The number of oxazole rings is 1. The molecule has 35 nitrogen and oxygen atoms in total. The van der Waals surface area contributed by atoms with Crippen LogP contribution in [0.4, 0.5) is 22.6 Å². The molecule has 2 bridgehead atoms. The van der Waals surface area contributed by atoms with Crippen molar-refractivity contribution in [2.75, 3.05) is 130 Å². The molecule has 35 heteroatoms. The Morgan fingerprint density at radius 1 is 0.721 bits per heavy atom. The number of alkyl carbamates (subject to hydrolysis) is 1. The number of piperazine rings is 1.